The molecule has 0 unspecified atom stereocenters. The number of ketones is 1. The number of Topliss-reactive ketones (excluding diaryl/α,β-unsaturated/α-hetero) is 1. The molecule has 1 fully saturated rings. The summed E-state index contributed by atoms with van der Waals surface area (Å²) in [5.41, 5.74) is 0. The minimum atomic E-state index is -0.442. The molecule has 0 aromatic rings. The van der Waals surface area contributed by atoms with Gasteiger partial charge < -0.3 is 18.9 Å². The fourth-order valence-corrected chi connectivity index (χ4v) is 2.58. The molecule has 1 rings (SSSR count). The zero-order valence-electron chi connectivity index (χ0n) is 15.2. The van der Waals surface area contributed by atoms with Crippen LogP contribution in [0.2, 0.25) is 0 Å². The third kappa shape index (κ3) is 8.06. The van der Waals surface area contributed by atoms with Crippen molar-refractivity contribution in [2.24, 2.45) is 5.92 Å². The van der Waals surface area contributed by atoms with Crippen molar-refractivity contribution >= 4 is 5.78 Å². The Balaban J connectivity index is 2.17. The quantitative estimate of drug-likeness (QED) is 0.330. The molecule has 0 N–H and O–H groups in total. The van der Waals surface area contributed by atoms with Crippen LogP contribution in [0, 0.1) is 5.92 Å². The summed E-state index contributed by atoms with van der Waals surface area (Å²) < 4.78 is 21.7. The van der Waals surface area contributed by atoms with E-state index in [1.165, 1.54) is 0 Å². The summed E-state index contributed by atoms with van der Waals surface area (Å²) >= 11 is 0. The van der Waals surface area contributed by atoms with E-state index in [-0.39, 0.29) is 18.7 Å². The summed E-state index contributed by atoms with van der Waals surface area (Å²) in [4.78, 5) is 11.4. The molecule has 1 aliphatic heterocycles. The lowest BCUT2D eigenvalue weighted by Gasteiger charge is -2.21. The number of carbonyl (C=O) groups is 1. The van der Waals surface area contributed by atoms with Crippen LogP contribution in [0.1, 0.15) is 53.4 Å². The number of unbranched alkanes of at least 4 members (excludes halogenated alkanes) is 1. The van der Waals surface area contributed by atoms with Gasteiger partial charge in [-0.05, 0) is 52.4 Å². The fourth-order valence-electron chi connectivity index (χ4n) is 2.58. The minimum Gasteiger partial charge on any atom is -0.359 e. The molecule has 0 aliphatic carbocycles. The molecule has 1 heterocycles. The predicted molar refractivity (Wildman–Crippen MR) is 89.1 cm³/mol. The second-order valence-electron chi connectivity index (χ2n) is 6.65. The molecule has 1 saturated heterocycles. The Bertz CT molecular complexity index is 378. The zero-order valence-corrected chi connectivity index (χ0v) is 15.2. The molecule has 0 aromatic carbocycles. The van der Waals surface area contributed by atoms with Gasteiger partial charge in [0.15, 0.2) is 11.6 Å². The first-order valence-electron chi connectivity index (χ1n) is 8.43. The van der Waals surface area contributed by atoms with E-state index in [0.717, 1.165) is 19.3 Å². The van der Waals surface area contributed by atoms with E-state index in [2.05, 4.69) is 13.0 Å². The van der Waals surface area contributed by atoms with Gasteiger partial charge in [-0.15, -0.1) is 0 Å². The Morgan fingerprint density at radius 3 is 2.70 bits per heavy atom. The van der Waals surface area contributed by atoms with Crippen LogP contribution in [0.3, 0.4) is 0 Å². The van der Waals surface area contributed by atoms with Gasteiger partial charge in [-0.3, -0.25) is 4.79 Å². The number of carbonyl (C=O) groups excluding carboxylic acids is 1. The average Bonchev–Trinajstić information content (AvgIpc) is 2.85. The summed E-state index contributed by atoms with van der Waals surface area (Å²) in [5, 5.41) is 0. The topological polar surface area (TPSA) is 54.0 Å². The largest absolute Gasteiger partial charge is 0.359 e. The first-order valence-corrected chi connectivity index (χ1v) is 8.43. The molecule has 0 spiro atoms. The maximum Gasteiger partial charge on any atom is 0.163 e. The highest BCUT2D eigenvalue weighted by molar-refractivity contribution is 5.80. The Kier molecular flexibility index (Phi) is 8.99. The molecule has 5 heteroatoms. The van der Waals surface area contributed by atoms with Crippen molar-refractivity contribution in [3.63, 3.8) is 0 Å². The van der Waals surface area contributed by atoms with E-state index >= 15 is 0 Å². The van der Waals surface area contributed by atoms with Crippen LogP contribution < -0.4 is 0 Å². The van der Waals surface area contributed by atoms with E-state index in [1.807, 2.05) is 19.9 Å². The highest BCUT2D eigenvalue weighted by atomic mass is 16.7. The standard InChI is InChI=1S/C18H32O5/c1-14(17-12-22-18(3,4)23-17)10-8-6-7-9-11-16(15(2)19)21-13-20-5/h7,9,14,16-17H,6,8,10-13H2,1-5H3/b9-7+/t14-,16-,17-/m0/s1. The van der Waals surface area contributed by atoms with Gasteiger partial charge in [0.25, 0.3) is 0 Å². The first kappa shape index (κ1) is 20.3. The number of ether oxygens (including phenoxy) is 4. The van der Waals surface area contributed by atoms with Gasteiger partial charge in [0.2, 0.25) is 0 Å². The van der Waals surface area contributed by atoms with Crippen molar-refractivity contribution < 1.29 is 23.7 Å². The van der Waals surface area contributed by atoms with Crippen molar-refractivity contribution in [3.05, 3.63) is 12.2 Å². The van der Waals surface area contributed by atoms with Crippen LogP contribution in [-0.4, -0.2) is 44.3 Å². The maximum absolute atomic E-state index is 11.4. The molecule has 0 bridgehead atoms. The summed E-state index contributed by atoms with van der Waals surface area (Å²) in [6.45, 7) is 8.50. The predicted octanol–water partition coefficient (Wildman–Crippen LogP) is 3.47. The molecule has 23 heavy (non-hydrogen) atoms. The van der Waals surface area contributed by atoms with Gasteiger partial charge in [0.1, 0.15) is 12.9 Å². The van der Waals surface area contributed by atoms with Crippen molar-refractivity contribution in [2.75, 3.05) is 20.5 Å². The second-order valence-corrected chi connectivity index (χ2v) is 6.65. The Hall–Kier alpha value is -0.750. The van der Waals surface area contributed by atoms with Crippen molar-refractivity contribution in [1.29, 1.82) is 0 Å². The number of hydrogen-bond donors (Lipinski definition) is 0. The SMILES string of the molecule is COCO[C@@H](C/C=C/CCC[C@H](C)[C@@H]1COC(C)(C)O1)C(C)=O. The summed E-state index contributed by atoms with van der Waals surface area (Å²) in [6.07, 6.45) is 7.72. The van der Waals surface area contributed by atoms with E-state index in [4.69, 9.17) is 18.9 Å². The van der Waals surface area contributed by atoms with Crippen LogP contribution in [0.5, 0.6) is 0 Å². The van der Waals surface area contributed by atoms with Gasteiger partial charge in [0, 0.05) is 7.11 Å². The van der Waals surface area contributed by atoms with E-state index in [0.29, 0.717) is 18.9 Å². The van der Waals surface area contributed by atoms with Gasteiger partial charge in [-0.2, -0.15) is 0 Å². The Morgan fingerprint density at radius 2 is 2.13 bits per heavy atom. The lowest BCUT2D eigenvalue weighted by Crippen LogP contribution is -2.25. The molecule has 0 radical (unpaired) electrons. The lowest BCUT2D eigenvalue weighted by molar-refractivity contribution is -0.144. The molecule has 0 aromatic heterocycles. The normalized spacial score (nSPS) is 23.3. The molecule has 3 atom stereocenters. The molecule has 0 amide bonds. The van der Waals surface area contributed by atoms with Crippen LogP contribution in [0.25, 0.3) is 0 Å². The highest BCUT2D eigenvalue weighted by Crippen LogP contribution is 2.28. The van der Waals surface area contributed by atoms with Gasteiger partial charge in [-0.1, -0.05) is 19.1 Å². The summed E-state index contributed by atoms with van der Waals surface area (Å²) in [7, 11) is 1.55. The maximum atomic E-state index is 11.4. The van der Waals surface area contributed by atoms with Crippen molar-refractivity contribution in [1.82, 2.24) is 0 Å². The Morgan fingerprint density at radius 1 is 1.39 bits per heavy atom. The molecular weight excluding hydrogens is 296 g/mol. The van der Waals surface area contributed by atoms with Crippen molar-refractivity contribution in [2.45, 2.75) is 71.4 Å². The molecule has 5 nitrogen and oxygen atoms in total. The molecular formula is C18H32O5. The smallest absolute Gasteiger partial charge is 0.163 e. The van der Waals surface area contributed by atoms with Crippen molar-refractivity contribution in [3.8, 4) is 0 Å². The molecule has 0 saturated carbocycles. The number of allylic oxidation sites excluding steroid dienone is 1. The lowest BCUT2D eigenvalue weighted by atomic mass is 9.98. The van der Waals surface area contributed by atoms with Crippen LogP contribution in [-0.2, 0) is 23.7 Å². The second kappa shape index (κ2) is 10.2. The third-order valence-corrected chi connectivity index (χ3v) is 4.05. The zero-order chi connectivity index (χ0) is 17.3. The number of methoxy groups -OCH3 is 1. The van der Waals surface area contributed by atoms with Crippen LogP contribution in [0.4, 0.5) is 0 Å². The fraction of sp³-hybridized carbons (Fsp3) is 0.833. The molecule has 1 aliphatic rings. The van der Waals surface area contributed by atoms with E-state index in [1.54, 1.807) is 14.0 Å². The summed E-state index contributed by atoms with van der Waals surface area (Å²) in [6, 6.07) is 0. The monoisotopic (exact) mass is 328 g/mol. The van der Waals surface area contributed by atoms with Gasteiger partial charge >= 0.3 is 0 Å². The third-order valence-electron chi connectivity index (χ3n) is 4.05. The minimum absolute atomic E-state index is 0.0290. The van der Waals surface area contributed by atoms with Gasteiger partial charge in [-0.25, -0.2) is 0 Å². The highest BCUT2D eigenvalue weighted by Gasteiger charge is 2.35. The number of rotatable bonds is 11. The first-order chi connectivity index (χ1) is 10.9. The van der Waals surface area contributed by atoms with Gasteiger partial charge in [0.05, 0.1) is 12.7 Å². The van der Waals surface area contributed by atoms with E-state index in [9.17, 15) is 4.79 Å². The average molecular weight is 328 g/mol. The Labute approximate surface area is 140 Å². The summed E-state index contributed by atoms with van der Waals surface area (Å²) in [5.74, 6) is 0.0735. The number of hydrogen-bond acceptors (Lipinski definition) is 5. The molecule has 134 valence electrons. The van der Waals surface area contributed by atoms with Crippen LogP contribution in [0.15, 0.2) is 12.2 Å². The van der Waals surface area contributed by atoms with E-state index < -0.39 is 11.9 Å². The van der Waals surface area contributed by atoms with Crippen LogP contribution >= 0.6 is 0 Å².